The number of nitrogens with zero attached hydrogens (tertiary/aromatic N) is 2. The number of nitrogens with one attached hydrogen (secondary N) is 1. The van der Waals surface area contributed by atoms with Crippen LogP contribution in [0.1, 0.15) is 50.5 Å². The molecule has 2 fully saturated rings. The highest BCUT2D eigenvalue weighted by atomic mass is 16.5. The first kappa shape index (κ1) is 15.5. The summed E-state index contributed by atoms with van der Waals surface area (Å²) in [4.78, 5) is 14.1. The van der Waals surface area contributed by atoms with Gasteiger partial charge in [-0.25, -0.2) is 0 Å². The van der Waals surface area contributed by atoms with Crippen LogP contribution in [0.4, 0.5) is 0 Å². The van der Waals surface area contributed by atoms with E-state index in [0.29, 0.717) is 25.5 Å². The number of hydrogen-bond acceptors (Lipinski definition) is 5. The van der Waals surface area contributed by atoms with Crippen molar-refractivity contribution in [2.75, 3.05) is 26.2 Å². The normalized spacial score (nSPS) is 22.8. The Kier molecular flexibility index (Phi) is 4.49. The fourth-order valence-corrected chi connectivity index (χ4v) is 3.21. The van der Waals surface area contributed by atoms with Gasteiger partial charge < -0.3 is 14.6 Å². The van der Waals surface area contributed by atoms with Crippen molar-refractivity contribution in [1.29, 1.82) is 0 Å². The van der Waals surface area contributed by atoms with Crippen LogP contribution < -0.4 is 5.32 Å². The molecule has 1 N–H and O–H groups in total. The van der Waals surface area contributed by atoms with Gasteiger partial charge in [-0.05, 0) is 12.8 Å². The summed E-state index contributed by atoms with van der Waals surface area (Å²) in [5, 5.41) is 7.03. The first-order chi connectivity index (χ1) is 10.6. The average Bonchev–Trinajstić information content (AvgIpc) is 2.87. The molecule has 1 aromatic heterocycles. The minimum absolute atomic E-state index is 0.115. The van der Waals surface area contributed by atoms with E-state index in [9.17, 15) is 4.79 Å². The molecular weight excluding hydrogens is 282 g/mol. The monoisotopic (exact) mass is 307 g/mol. The molecule has 2 aliphatic rings. The van der Waals surface area contributed by atoms with Gasteiger partial charge in [0.15, 0.2) is 0 Å². The third-order valence-corrected chi connectivity index (χ3v) is 4.61. The van der Waals surface area contributed by atoms with E-state index in [2.05, 4.69) is 29.2 Å². The lowest BCUT2D eigenvalue weighted by molar-refractivity contribution is -0.128. The smallest absolute Gasteiger partial charge is 0.222 e. The van der Waals surface area contributed by atoms with Crippen molar-refractivity contribution >= 4 is 5.91 Å². The lowest BCUT2D eigenvalue weighted by atomic mass is 9.87. The number of aromatic nitrogens is 1. The zero-order valence-corrected chi connectivity index (χ0v) is 13.4. The molecule has 1 aromatic rings. The van der Waals surface area contributed by atoms with Crippen LogP contribution >= 0.6 is 0 Å². The van der Waals surface area contributed by atoms with Gasteiger partial charge in [-0.15, -0.1) is 0 Å². The summed E-state index contributed by atoms with van der Waals surface area (Å²) in [6.07, 6.45) is 2.28. The lowest BCUT2D eigenvalue weighted by Crippen LogP contribution is -2.46. The molecule has 3 rings (SSSR count). The topological polar surface area (TPSA) is 67.6 Å². The molecule has 122 valence electrons. The summed E-state index contributed by atoms with van der Waals surface area (Å²) < 4.78 is 11.3. The number of ether oxygens (including phenoxy) is 1. The van der Waals surface area contributed by atoms with E-state index in [1.165, 1.54) is 0 Å². The highest BCUT2D eigenvalue weighted by Gasteiger charge is 2.38. The molecular formula is C16H25N3O3. The summed E-state index contributed by atoms with van der Waals surface area (Å²) in [7, 11) is 0. The predicted molar refractivity (Wildman–Crippen MR) is 81.4 cm³/mol. The molecule has 3 heterocycles. The second kappa shape index (κ2) is 6.38. The molecule has 0 aliphatic carbocycles. The fourth-order valence-electron chi connectivity index (χ4n) is 3.21. The number of carbonyl (C=O) groups is 1. The lowest BCUT2D eigenvalue weighted by Gasteiger charge is -2.40. The van der Waals surface area contributed by atoms with Gasteiger partial charge in [0.1, 0.15) is 5.76 Å². The van der Waals surface area contributed by atoms with Crippen molar-refractivity contribution in [3.8, 4) is 0 Å². The van der Waals surface area contributed by atoms with Crippen LogP contribution in [0, 0.1) is 0 Å². The van der Waals surface area contributed by atoms with Crippen molar-refractivity contribution < 1.29 is 14.1 Å². The van der Waals surface area contributed by atoms with E-state index in [1.807, 2.05) is 6.07 Å². The molecule has 1 spiro atoms. The van der Waals surface area contributed by atoms with E-state index in [-0.39, 0.29) is 11.5 Å². The molecule has 0 radical (unpaired) electrons. The molecule has 1 amide bonds. The maximum absolute atomic E-state index is 11.8. The Hall–Kier alpha value is -1.40. The van der Waals surface area contributed by atoms with E-state index in [1.54, 1.807) is 0 Å². The second-order valence-electron chi connectivity index (χ2n) is 6.71. The zero-order chi connectivity index (χ0) is 15.6. The Morgan fingerprint density at radius 2 is 2.18 bits per heavy atom. The van der Waals surface area contributed by atoms with Gasteiger partial charge in [-0.1, -0.05) is 19.0 Å². The van der Waals surface area contributed by atoms with Gasteiger partial charge in [0.05, 0.1) is 24.3 Å². The molecule has 2 saturated heterocycles. The summed E-state index contributed by atoms with van der Waals surface area (Å²) >= 11 is 0. The van der Waals surface area contributed by atoms with Crippen LogP contribution in [0.25, 0.3) is 0 Å². The van der Waals surface area contributed by atoms with Crippen LogP contribution in [0.5, 0.6) is 0 Å². The number of piperidine rings is 1. The van der Waals surface area contributed by atoms with Crippen molar-refractivity contribution in [2.24, 2.45) is 0 Å². The van der Waals surface area contributed by atoms with Crippen LogP contribution in [-0.4, -0.2) is 47.8 Å². The second-order valence-corrected chi connectivity index (χ2v) is 6.71. The molecule has 6 heteroatoms. The Bertz CT molecular complexity index is 518. The highest BCUT2D eigenvalue weighted by molar-refractivity contribution is 5.77. The maximum Gasteiger partial charge on any atom is 0.222 e. The van der Waals surface area contributed by atoms with E-state index < -0.39 is 0 Å². The Labute approximate surface area is 131 Å². The summed E-state index contributed by atoms with van der Waals surface area (Å²) in [6.45, 7) is 8.10. The van der Waals surface area contributed by atoms with Crippen molar-refractivity contribution in [2.45, 2.75) is 51.2 Å². The molecule has 0 aromatic carbocycles. The van der Waals surface area contributed by atoms with Crippen LogP contribution in [-0.2, 0) is 16.1 Å². The Balaban J connectivity index is 1.55. The minimum Gasteiger partial charge on any atom is -0.373 e. The largest absolute Gasteiger partial charge is 0.373 e. The number of carbonyl (C=O) groups excluding carboxylic acids is 1. The standard InChI is InChI=1S/C16H25N3O3/c1-12(2)14-9-13(18-22-14)11-19-6-3-16(4-7-19)10-15(20)17-5-8-21-16/h9,12H,3-8,10-11H2,1-2H3,(H,17,20). The van der Waals surface area contributed by atoms with Crippen molar-refractivity contribution in [3.63, 3.8) is 0 Å². The van der Waals surface area contributed by atoms with Gasteiger partial charge in [0.25, 0.3) is 0 Å². The molecule has 0 atom stereocenters. The molecule has 2 aliphatic heterocycles. The molecule has 6 nitrogen and oxygen atoms in total. The Morgan fingerprint density at radius 1 is 1.41 bits per heavy atom. The average molecular weight is 307 g/mol. The molecule has 22 heavy (non-hydrogen) atoms. The van der Waals surface area contributed by atoms with Gasteiger partial charge in [-0.2, -0.15) is 0 Å². The number of likely N-dealkylation sites (tertiary alicyclic amines) is 1. The van der Waals surface area contributed by atoms with E-state index >= 15 is 0 Å². The van der Waals surface area contributed by atoms with Gasteiger partial charge in [-0.3, -0.25) is 9.69 Å². The summed E-state index contributed by atoms with van der Waals surface area (Å²) in [5.41, 5.74) is 0.725. The zero-order valence-electron chi connectivity index (χ0n) is 13.4. The van der Waals surface area contributed by atoms with E-state index in [4.69, 9.17) is 9.26 Å². The number of rotatable bonds is 3. The first-order valence-corrected chi connectivity index (χ1v) is 8.15. The van der Waals surface area contributed by atoms with Crippen molar-refractivity contribution in [3.05, 3.63) is 17.5 Å². The third-order valence-electron chi connectivity index (χ3n) is 4.61. The fraction of sp³-hybridized carbons (Fsp3) is 0.750. The Morgan fingerprint density at radius 3 is 2.86 bits per heavy atom. The maximum atomic E-state index is 11.8. The number of hydrogen-bond donors (Lipinski definition) is 1. The quantitative estimate of drug-likeness (QED) is 0.920. The van der Waals surface area contributed by atoms with Crippen LogP contribution in [0.2, 0.25) is 0 Å². The number of amides is 1. The third kappa shape index (κ3) is 3.50. The first-order valence-electron chi connectivity index (χ1n) is 8.15. The molecule has 0 saturated carbocycles. The van der Waals surface area contributed by atoms with Crippen LogP contribution in [0.3, 0.4) is 0 Å². The predicted octanol–water partition coefficient (Wildman–Crippen LogP) is 1.67. The van der Waals surface area contributed by atoms with E-state index in [0.717, 1.165) is 43.9 Å². The van der Waals surface area contributed by atoms with Gasteiger partial charge >= 0.3 is 0 Å². The van der Waals surface area contributed by atoms with Crippen LogP contribution in [0.15, 0.2) is 10.6 Å². The van der Waals surface area contributed by atoms with Gasteiger partial charge in [0, 0.05) is 38.2 Å². The SMILES string of the molecule is CC(C)c1cc(CN2CCC3(CC2)CC(=O)NCCO3)no1. The summed E-state index contributed by atoms with van der Waals surface area (Å²) in [5.74, 6) is 1.42. The molecule has 0 bridgehead atoms. The van der Waals surface area contributed by atoms with Crippen molar-refractivity contribution in [1.82, 2.24) is 15.4 Å². The minimum atomic E-state index is -0.260. The highest BCUT2D eigenvalue weighted by Crippen LogP contribution is 2.31. The molecule has 0 unspecified atom stereocenters. The summed E-state index contributed by atoms with van der Waals surface area (Å²) in [6, 6.07) is 2.05. The van der Waals surface area contributed by atoms with Gasteiger partial charge in [0.2, 0.25) is 5.91 Å².